The van der Waals surface area contributed by atoms with Gasteiger partial charge >= 0.3 is 0 Å². The molecule has 0 bridgehead atoms. The average molecular weight is 261 g/mol. The summed E-state index contributed by atoms with van der Waals surface area (Å²) in [5.74, 6) is 1.53. The van der Waals surface area contributed by atoms with E-state index in [1.54, 1.807) is 12.1 Å². The number of nitrogens with zero attached hydrogens (tertiary/aromatic N) is 2. The van der Waals surface area contributed by atoms with E-state index in [0.717, 1.165) is 43.6 Å². The highest BCUT2D eigenvalue weighted by Crippen LogP contribution is 2.28. The Balaban J connectivity index is 1.70. The van der Waals surface area contributed by atoms with Crippen LogP contribution in [0.1, 0.15) is 12.0 Å². The Morgan fingerprint density at radius 3 is 2.95 bits per heavy atom. The molecule has 2 heterocycles. The van der Waals surface area contributed by atoms with Crippen LogP contribution in [-0.2, 0) is 6.54 Å². The van der Waals surface area contributed by atoms with Gasteiger partial charge in [-0.25, -0.2) is 0 Å². The number of benzene rings is 1. The largest absolute Gasteiger partial charge is 0.316 e. The lowest BCUT2D eigenvalue weighted by molar-refractivity contribution is -0.385. The lowest BCUT2D eigenvalue weighted by Crippen LogP contribution is -2.39. The summed E-state index contributed by atoms with van der Waals surface area (Å²) < 4.78 is 0. The molecule has 2 saturated heterocycles. The normalized spacial score (nSPS) is 27.2. The van der Waals surface area contributed by atoms with E-state index in [9.17, 15) is 10.1 Å². The fourth-order valence-corrected chi connectivity index (χ4v) is 3.32. The molecule has 3 rings (SSSR count). The Bertz CT molecular complexity index is 478. The van der Waals surface area contributed by atoms with Crippen LogP contribution in [0.4, 0.5) is 5.69 Å². The van der Waals surface area contributed by atoms with E-state index >= 15 is 0 Å². The zero-order chi connectivity index (χ0) is 13.2. The number of likely N-dealkylation sites (tertiary alicyclic amines) is 1. The summed E-state index contributed by atoms with van der Waals surface area (Å²) in [7, 11) is 0. The molecule has 2 aliphatic heterocycles. The fraction of sp³-hybridized carbons (Fsp3) is 0.571. The first-order valence-electron chi connectivity index (χ1n) is 6.89. The van der Waals surface area contributed by atoms with Crippen LogP contribution in [0.15, 0.2) is 24.3 Å². The smallest absolute Gasteiger partial charge is 0.273 e. The van der Waals surface area contributed by atoms with Crippen LogP contribution in [0.5, 0.6) is 0 Å². The number of nitro groups is 1. The Morgan fingerprint density at radius 2 is 2.11 bits per heavy atom. The molecule has 1 aromatic rings. The number of hydrogen-bond donors (Lipinski definition) is 1. The molecular weight excluding hydrogens is 242 g/mol. The summed E-state index contributed by atoms with van der Waals surface area (Å²) >= 11 is 0. The van der Waals surface area contributed by atoms with Gasteiger partial charge in [0.15, 0.2) is 0 Å². The highest BCUT2D eigenvalue weighted by molar-refractivity contribution is 5.39. The van der Waals surface area contributed by atoms with Crippen LogP contribution in [-0.4, -0.2) is 36.0 Å². The first-order chi connectivity index (χ1) is 9.24. The van der Waals surface area contributed by atoms with Crippen molar-refractivity contribution in [3.63, 3.8) is 0 Å². The van der Waals surface area contributed by atoms with Crippen molar-refractivity contribution in [3.05, 3.63) is 39.9 Å². The second-order valence-corrected chi connectivity index (χ2v) is 5.59. The van der Waals surface area contributed by atoms with Crippen molar-refractivity contribution in [1.82, 2.24) is 10.2 Å². The third-order valence-corrected chi connectivity index (χ3v) is 4.37. The Hall–Kier alpha value is -1.46. The molecule has 2 fully saturated rings. The highest BCUT2D eigenvalue weighted by Gasteiger charge is 2.33. The molecule has 19 heavy (non-hydrogen) atoms. The molecule has 0 saturated carbocycles. The van der Waals surface area contributed by atoms with Crippen molar-refractivity contribution in [2.24, 2.45) is 11.8 Å². The second kappa shape index (κ2) is 5.27. The van der Waals surface area contributed by atoms with E-state index in [1.807, 2.05) is 12.1 Å². The molecule has 2 unspecified atom stereocenters. The van der Waals surface area contributed by atoms with Gasteiger partial charge in [0.2, 0.25) is 0 Å². The maximum atomic E-state index is 11.0. The SMILES string of the molecule is O=[N+]([O-])c1ccccc1CN1CCC2CNCC2C1. The van der Waals surface area contributed by atoms with Crippen molar-refractivity contribution in [3.8, 4) is 0 Å². The summed E-state index contributed by atoms with van der Waals surface area (Å²) in [6.45, 7) is 5.04. The molecule has 0 aliphatic carbocycles. The van der Waals surface area contributed by atoms with Crippen LogP contribution in [0.2, 0.25) is 0 Å². The Labute approximate surface area is 112 Å². The van der Waals surface area contributed by atoms with Crippen molar-refractivity contribution < 1.29 is 4.92 Å². The number of rotatable bonds is 3. The van der Waals surface area contributed by atoms with Gasteiger partial charge in [-0.1, -0.05) is 18.2 Å². The molecule has 1 N–H and O–H groups in total. The van der Waals surface area contributed by atoms with Gasteiger partial charge in [0.05, 0.1) is 4.92 Å². The molecule has 2 aliphatic rings. The molecule has 0 aromatic heterocycles. The topological polar surface area (TPSA) is 58.4 Å². The first kappa shape index (κ1) is 12.6. The van der Waals surface area contributed by atoms with E-state index in [1.165, 1.54) is 6.42 Å². The van der Waals surface area contributed by atoms with E-state index in [0.29, 0.717) is 6.54 Å². The second-order valence-electron chi connectivity index (χ2n) is 5.59. The number of fused-ring (bicyclic) bond motifs is 1. The van der Waals surface area contributed by atoms with Gasteiger partial charge < -0.3 is 5.32 Å². The maximum absolute atomic E-state index is 11.0. The summed E-state index contributed by atoms with van der Waals surface area (Å²) in [5.41, 5.74) is 1.08. The molecule has 1 aromatic carbocycles. The minimum atomic E-state index is -0.279. The standard InChI is InChI=1S/C14H19N3O2/c18-17(19)14-4-2-1-3-12(14)9-16-6-5-11-7-15-8-13(11)10-16/h1-4,11,13,15H,5-10H2. The number of piperidine rings is 1. The lowest BCUT2D eigenvalue weighted by atomic mass is 9.88. The number of hydrogen-bond acceptors (Lipinski definition) is 4. The van der Waals surface area contributed by atoms with Crippen molar-refractivity contribution in [1.29, 1.82) is 0 Å². The average Bonchev–Trinajstić information content (AvgIpc) is 2.86. The molecule has 0 spiro atoms. The molecule has 0 amide bonds. The third-order valence-electron chi connectivity index (χ3n) is 4.37. The van der Waals surface area contributed by atoms with Gasteiger partial charge in [-0.3, -0.25) is 15.0 Å². The molecule has 102 valence electrons. The number of para-hydroxylation sites is 1. The summed E-state index contributed by atoms with van der Waals surface area (Å²) in [6.07, 6.45) is 1.21. The molecule has 5 nitrogen and oxygen atoms in total. The quantitative estimate of drug-likeness (QED) is 0.664. The van der Waals surface area contributed by atoms with Gasteiger partial charge in [-0.15, -0.1) is 0 Å². The summed E-state index contributed by atoms with van der Waals surface area (Å²) in [5, 5.41) is 14.5. The Kier molecular flexibility index (Phi) is 3.48. The van der Waals surface area contributed by atoms with Gasteiger partial charge in [-0.05, 0) is 37.9 Å². The zero-order valence-electron chi connectivity index (χ0n) is 10.9. The van der Waals surface area contributed by atoms with Crippen molar-refractivity contribution in [2.75, 3.05) is 26.2 Å². The molecule has 0 radical (unpaired) electrons. The number of nitrogens with one attached hydrogen (secondary N) is 1. The third kappa shape index (κ3) is 2.62. The van der Waals surface area contributed by atoms with E-state index in [-0.39, 0.29) is 10.6 Å². The summed E-state index contributed by atoms with van der Waals surface area (Å²) in [6, 6.07) is 7.08. The van der Waals surface area contributed by atoms with Crippen LogP contribution in [0.3, 0.4) is 0 Å². The lowest BCUT2D eigenvalue weighted by Gasteiger charge is -2.34. The fourth-order valence-electron chi connectivity index (χ4n) is 3.32. The predicted molar refractivity (Wildman–Crippen MR) is 72.8 cm³/mol. The van der Waals surface area contributed by atoms with Gasteiger partial charge in [0.1, 0.15) is 0 Å². The predicted octanol–water partition coefficient (Wildman–Crippen LogP) is 1.64. The van der Waals surface area contributed by atoms with Gasteiger partial charge in [0.25, 0.3) is 5.69 Å². The van der Waals surface area contributed by atoms with Crippen molar-refractivity contribution >= 4 is 5.69 Å². The number of nitro benzene ring substituents is 1. The van der Waals surface area contributed by atoms with E-state index in [4.69, 9.17) is 0 Å². The van der Waals surface area contributed by atoms with Gasteiger partial charge in [0, 0.05) is 24.7 Å². The maximum Gasteiger partial charge on any atom is 0.273 e. The molecule has 2 atom stereocenters. The minimum absolute atomic E-state index is 0.245. The van der Waals surface area contributed by atoms with Crippen LogP contribution < -0.4 is 5.32 Å². The van der Waals surface area contributed by atoms with E-state index < -0.39 is 0 Å². The van der Waals surface area contributed by atoms with Crippen LogP contribution in [0, 0.1) is 22.0 Å². The monoisotopic (exact) mass is 261 g/mol. The zero-order valence-corrected chi connectivity index (χ0v) is 10.9. The van der Waals surface area contributed by atoms with E-state index in [2.05, 4.69) is 10.2 Å². The molecule has 5 heteroatoms. The summed E-state index contributed by atoms with van der Waals surface area (Å²) in [4.78, 5) is 13.1. The highest BCUT2D eigenvalue weighted by atomic mass is 16.6. The van der Waals surface area contributed by atoms with Crippen LogP contribution >= 0.6 is 0 Å². The van der Waals surface area contributed by atoms with Gasteiger partial charge in [-0.2, -0.15) is 0 Å². The Morgan fingerprint density at radius 1 is 1.32 bits per heavy atom. The minimum Gasteiger partial charge on any atom is -0.316 e. The first-order valence-corrected chi connectivity index (χ1v) is 6.89. The van der Waals surface area contributed by atoms with Crippen LogP contribution in [0.25, 0.3) is 0 Å². The molecular formula is C14H19N3O2. The van der Waals surface area contributed by atoms with Crippen molar-refractivity contribution in [2.45, 2.75) is 13.0 Å².